The summed E-state index contributed by atoms with van der Waals surface area (Å²) >= 11 is 0. The summed E-state index contributed by atoms with van der Waals surface area (Å²) in [5.41, 5.74) is 3.49. The Labute approximate surface area is 124 Å². The Morgan fingerprint density at radius 2 is 1.71 bits per heavy atom. The lowest BCUT2D eigenvalue weighted by atomic mass is 9.96. The van der Waals surface area contributed by atoms with Crippen LogP contribution in [0.15, 0.2) is 30.3 Å². The number of halogens is 2. The maximum absolute atomic E-state index is 14.2. The van der Waals surface area contributed by atoms with Crippen LogP contribution in [0.5, 0.6) is 0 Å². The number of nitrogens with one attached hydrogen (secondary N) is 1. The lowest BCUT2D eigenvalue weighted by molar-refractivity contribution is 0.595. The first-order valence-corrected chi connectivity index (χ1v) is 7.33. The normalized spacial score (nSPS) is 14.5. The molecule has 0 radical (unpaired) electrons. The van der Waals surface area contributed by atoms with E-state index in [-0.39, 0.29) is 11.6 Å². The second kappa shape index (κ2) is 5.57. The third-order valence-corrected chi connectivity index (χ3v) is 4.01. The van der Waals surface area contributed by atoms with Crippen molar-refractivity contribution >= 4 is 0 Å². The largest absolute Gasteiger partial charge is 0.310 e. The van der Waals surface area contributed by atoms with E-state index in [2.05, 4.69) is 5.32 Å². The van der Waals surface area contributed by atoms with E-state index in [0.29, 0.717) is 17.2 Å². The van der Waals surface area contributed by atoms with Crippen LogP contribution < -0.4 is 5.32 Å². The highest BCUT2D eigenvalue weighted by molar-refractivity contribution is 5.69. The van der Waals surface area contributed by atoms with E-state index < -0.39 is 0 Å². The van der Waals surface area contributed by atoms with E-state index in [1.807, 2.05) is 25.1 Å². The van der Waals surface area contributed by atoms with Gasteiger partial charge < -0.3 is 5.32 Å². The molecule has 0 spiro atoms. The minimum absolute atomic E-state index is 0.334. The molecule has 1 saturated carbocycles. The molecule has 3 heteroatoms. The Hall–Kier alpha value is -1.74. The first-order chi connectivity index (χ1) is 10.0. The van der Waals surface area contributed by atoms with E-state index in [9.17, 15) is 8.78 Å². The maximum atomic E-state index is 14.2. The highest BCUT2D eigenvalue weighted by Gasteiger charge is 2.20. The SMILES string of the molecule is Cc1cc(F)c(-c2cc(CNC3CC3)ccc2C)cc1F. The molecule has 0 heterocycles. The summed E-state index contributed by atoms with van der Waals surface area (Å²) in [4.78, 5) is 0. The van der Waals surface area contributed by atoms with Crippen molar-refractivity contribution in [2.45, 2.75) is 39.3 Å². The molecular weight excluding hydrogens is 268 g/mol. The van der Waals surface area contributed by atoms with Gasteiger partial charge in [-0.05, 0) is 67.1 Å². The van der Waals surface area contributed by atoms with Gasteiger partial charge in [0.25, 0.3) is 0 Å². The predicted octanol–water partition coefficient (Wildman–Crippen LogP) is 4.50. The van der Waals surface area contributed by atoms with Gasteiger partial charge in [-0.25, -0.2) is 8.78 Å². The molecule has 1 aliphatic carbocycles. The van der Waals surface area contributed by atoms with Crippen molar-refractivity contribution in [1.82, 2.24) is 5.32 Å². The van der Waals surface area contributed by atoms with Gasteiger partial charge in [0.1, 0.15) is 11.6 Å². The fraction of sp³-hybridized carbons (Fsp3) is 0.333. The summed E-state index contributed by atoms with van der Waals surface area (Å²) in [6.07, 6.45) is 2.47. The predicted molar refractivity (Wildman–Crippen MR) is 81.1 cm³/mol. The highest BCUT2D eigenvalue weighted by atomic mass is 19.1. The van der Waals surface area contributed by atoms with E-state index in [0.717, 1.165) is 23.2 Å². The summed E-state index contributed by atoms with van der Waals surface area (Å²) < 4.78 is 27.9. The Bertz CT molecular complexity index is 675. The van der Waals surface area contributed by atoms with Gasteiger partial charge in [0, 0.05) is 18.2 Å². The lowest BCUT2D eigenvalue weighted by Gasteiger charge is -2.12. The molecule has 2 aromatic rings. The summed E-state index contributed by atoms with van der Waals surface area (Å²) in [5, 5.41) is 3.44. The molecule has 2 aromatic carbocycles. The first-order valence-electron chi connectivity index (χ1n) is 7.33. The van der Waals surface area contributed by atoms with Gasteiger partial charge in [0.05, 0.1) is 0 Å². The van der Waals surface area contributed by atoms with Gasteiger partial charge >= 0.3 is 0 Å². The third kappa shape index (κ3) is 3.13. The highest BCUT2D eigenvalue weighted by Crippen LogP contribution is 2.29. The Kier molecular flexibility index (Phi) is 3.77. The summed E-state index contributed by atoms with van der Waals surface area (Å²) in [6.45, 7) is 4.27. The number of rotatable bonds is 4. The second-order valence-electron chi connectivity index (χ2n) is 5.89. The lowest BCUT2D eigenvalue weighted by Crippen LogP contribution is -2.15. The van der Waals surface area contributed by atoms with E-state index in [4.69, 9.17) is 0 Å². The molecule has 21 heavy (non-hydrogen) atoms. The van der Waals surface area contributed by atoms with Crippen LogP contribution in [0.3, 0.4) is 0 Å². The fourth-order valence-corrected chi connectivity index (χ4v) is 2.47. The van der Waals surface area contributed by atoms with Gasteiger partial charge in [-0.3, -0.25) is 0 Å². The van der Waals surface area contributed by atoms with E-state index in [1.54, 1.807) is 6.92 Å². The zero-order chi connectivity index (χ0) is 15.0. The topological polar surface area (TPSA) is 12.0 Å². The van der Waals surface area contributed by atoms with Crippen LogP contribution in [-0.4, -0.2) is 6.04 Å². The number of hydrogen-bond acceptors (Lipinski definition) is 1. The molecule has 3 rings (SSSR count). The van der Waals surface area contributed by atoms with E-state index >= 15 is 0 Å². The van der Waals surface area contributed by atoms with Crippen LogP contribution in [0, 0.1) is 25.5 Å². The van der Waals surface area contributed by atoms with Crippen LogP contribution in [0.4, 0.5) is 8.78 Å². The Balaban J connectivity index is 1.96. The maximum Gasteiger partial charge on any atom is 0.131 e. The summed E-state index contributed by atoms with van der Waals surface area (Å²) in [7, 11) is 0. The van der Waals surface area contributed by atoms with Crippen molar-refractivity contribution in [2.75, 3.05) is 0 Å². The smallest absolute Gasteiger partial charge is 0.131 e. The van der Waals surface area contributed by atoms with Crippen LogP contribution >= 0.6 is 0 Å². The zero-order valence-corrected chi connectivity index (χ0v) is 12.3. The van der Waals surface area contributed by atoms with Gasteiger partial charge in [-0.15, -0.1) is 0 Å². The van der Waals surface area contributed by atoms with Crippen molar-refractivity contribution in [3.8, 4) is 11.1 Å². The fourth-order valence-electron chi connectivity index (χ4n) is 2.47. The molecule has 1 aliphatic rings. The summed E-state index contributed by atoms with van der Waals surface area (Å²) in [5.74, 6) is -0.739. The number of benzene rings is 2. The minimum Gasteiger partial charge on any atom is -0.310 e. The molecular formula is C18H19F2N. The summed E-state index contributed by atoms with van der Waals surface area (Å²) in [6, 6.07) is 9.15. The molecule has 0 aromatic heterocycles. The zero-order valence-electron chi connectivity index (χ0n) is 12.3. The van der Waals surface area contributed by atoms with Crippen LogP contribution in [0.2, 0.25) is 0 Å². The van der Waals surface area contributed by atoms with Crippen LogP contribution in [-0.2, 0) is 6.54 Å². The molecule has 110 valence electrons. The Morgan fingerprint density at radius 1 is 0.952 bits per heavy atom. The molecule has 1 fully saturated rings. The van der Waals surface area contributed by atoms with Gasteiger partial charge in [-0.1, -0.05) is 12.1 Å². The van der Waals surface area contributed by atoms with Crippen molar-refractivity contribution in [3.05, 3.63) is 58.7 Å². The standard InChI is InChI=1S/C18H19F2N/c1-11-3-4-13(10-21-14-5-6-14)8-15(11)16-9-17(19)12(2)7-18(16)20/h3-4,7-9,14,21H,5-6,10H2,1-2H3. The molecule has 0 amide bonds. The van der Waals surface area contributed by atoms with Crippen molar-refractivity contribution in [3.63, 3.8) is 0 Å². The molecule has 0 unspecified atom stereocenters. The average Bonchev–Trinajstić information content (AvgIpc) is 3.26. The van der Waals surface area contributed by atoms with Crippen LogP contribution in [0.1, 0.15) is 29.5 Å². The molecule has 1 nitrogen and oxygen atoms in total. The van der Waals surface area contributed by atoms with Crippen molar-refractivity contribution in [1.29, 1.82) is 0 Å². The van der Waals surface area contributed by atoms with Crippen LogP contribution in [0.25, 0.3) is 11.1 Å². The minimum atomic E-state index is -0.371. The third-order valence-electron chi connectivity index (χ3n) is 4.01. The quantitative estimate of drug-likeness (QED) is 0.873. The molecule has 0 atom stereocenters. The van der Waals surface area contributed by atoms with Gasteiger partial charge in [0.2, 0.25) is 0 Å². The molecule has 0 aliphatic heterocycles. The number of hydrogen-bond donors (Lipinski definition) is 1. The van der Waals surface area contributed by atoms with Gasteiger partial charge in [0.15, 0.2) is 0 Å². The molecule has 1 N–H and O–H groups in total. The average molecular weight is 287 g/mol. The van der Waals surface area contributed by atoms with Crippen molar-refractivity contribution < 1.29 is 8.78 Å². The Morgan fingerprint density at radius 3 is 2.43 bits per heavy atom. The van der Waals surface area contributed by atoms with Crippen molar-refractivity contribution in [2.24, 2.45) is 0 Å². The van der Waals surface area contributed by atoms with Gasteiger partial charge in [-0.2, -0.15) is 0 Å². The number of aryl methyl sites for hydroxylation is 2. The monoisotopic (exact) mass is 287 g/mol. The first kappa shape index (κ1) is 14.2. The molecule has 0 saturated heterocycles. The van der Waals surface area contributed by atoms with E-state index in [1.165, 1.54) is 25.0 Å². The second-order valence-corrected chi connectivity index (χ2v) is 5.89. The molecule has 0 bridgehead atoms.